The largest absolute Gasteiger partial charge is 0.330 e. The average molecular weight is 269 g/mol. The van der Waals surface area contributed by atoms with Gasteiger partial charge in [-0.3, -0.25) is 0 Å². The molecule has 0 bridgehead atoms. The summed E-state index contributed by atoms with van der Waals surface area (Å²) in [7, 11) is 0. The SMILES string of the molecule is NCCCn1c(-c2ccc(F)cc2)nc2ccccc21. The standard InChI is InChI=1S/C16H16FN3/c17-13-8-6-12(7-9-13)16-19-14-4-1-2-5-15(14)20(16)11-3-10-18/h1-2,4-9H,3,10-11,18H2. The lowest BCUT2D eigenvalue weighted by molar-refractivity contribution is 0.627. The number of para-hydroxylation sites is 2. The van der Waals surface area contributed by atoms with Gasteiger partial charge in [0.25, 0.3) is 0 Å². The van der Waals surface area contributed by atoms with Crippen LogP contribution in [0.5, 0.6) is 0 Å². The molecule has 0 saturated heterocycles. The van der Waals surface area contributed by atoms with Crippen LogP contribution in [0.15, 0.2) is 48.5 Å². The number of hydrogen-bond donors (Lipinski definition) is 1. The van der Waals surface area contributed by atoms with E-state index in [1.54, 1.807) is 12.1 Å². The Morgan fingerprint density at radius 1 is 1.05 bits per heavy atom. The summed E-state index contributed by atoms with van der Waals surface area (Å²) in [6, 6.07) is 14.4. The van der Waals surface area contributed by atoms with Crippen LogP contribution < -0.4 is 5.73 Å². The number of nitrogens with zero attached hydrogens (tertiary/aromatic N) is 2. The Labute approximate surface area is 116 Å². The third-order valence-corrected chi connectivity index (χ3v) is 3.34. The van der Waals surface area contributed by atoms with Gasteiger partial charge < -0.3 is 10.3 Å². The maximum Gasteiger partial charge on any atom is 0.141 e. The Morgan fingerprint density at radius 3 is 2.55 bits per heavy atom. The van der Waals surface area contributed by atoms with Crippen LogP contribution in [0.1, 0.15) is 6.42 Å². The first-order valence-corrected chi connectivity index (χ1v) is 6.71. The second-order valence-electron chi connectivity index (χ2n) is 4.72. The molecule has 0 unspecified atom stereocenters. The molecule has 1 heterocycles. The number of imidazole rings is 1. The Morgan fingerprint density at radius 2 is 1.80 bits per heavy atom. The number of aryl methyl sites for hydroxylation is 1. The minimum atomic E-state index is -0.238. The smallest absolute Gasteiger partial charge is 0.141 e. The molecule has 0 radical (unpaired) electrons. The van der Waals surface area contributed by atoms with Gasteiger partial charge in [-0.05, 0) is 49.4 Å². The van der Waals surface area contributed by atoms with Crippen molar-refractivity contribution in [1.29, 1.82) is 0 Å². The van der Waals surface area contributed by atoms with Gasteiger partial charge in [-0.2, -0.15) is 0 Å². The number of benzene rings is 2. The fourth-order valence-corrected chi connectivity index (χ4v) is 2.37. The molecule has 0 atom stereocenters. The molecule has 102 valence electrons. The highest BCUT2D eigenvalue weighted by atomic mass is 19.1. The van der Waals surface area contributed by atoms with Crippen LogP contribution in [-0.2, 0) is 6.54 Å². The van der Waals surface area contributed by atoms with Crippen molar-refractivity contribution in [3.8, 4) is 11.4 Å². The summed E-state index contributed by atoms with van der Waals surface area (Å²) >= 11 is 0. The molecular formula is C16H16FN3. The molecule has 0 aliphatic carbocycles. The van der Waals surface area contributed by atoms with Crippen molar-refractivity contribution in [2.24, 2.45) is 5.73 Å². The zero-order valence-electron chi connectivity index (χ0n) is 11.1. The second-order valence-corrected chi connectivity index (χ2v) is 4.72. The van der Waals surface area contributed by atoms with E-state index in [2.05, 4.69) is 9.55 Å². The van der Waals surface area contributed by atoms with E-state index in [-0.39, 0.29) is 5.82 Å². The van der Waals surface area contributed by atoms with Crippen LogP contribution in [0, 0.1) is 5.82 Å². The van der Waals surface area contributed by atoms with Crippen molar-refractivity contribution >= 4 is 11.0 Å². The van der Waals surface area contributed by atoms with E-state index >= 15 is 0 Å². The Bertz CT molecular complexity index is 716. The number of rotatable bonds is 4. The normalized spacial score (nSPS) is 11.1. The molecule has 2 aromatic carbocycles. The van der Waals surface area contributed by atoms with Gasteiger partial charge in [0, 0.05) is 12.1 Å². The zero-order valence-corrected chi connectivity index (χ0v) is 11.1. The van der Waals surface area contributed by atoms with Crippen molar-refractivity contribution in [1.82, 2.24) is 9.55 Å². The molecule has 4 heteroatoms. The monoisotopic (exact) mass is 269 g/mol. The predicted molar refractivity (Wildman–Crippen MR) is 78.8 cm³/mol. The number of nitrogens with two attached hydrogens (primary N) is 1. The molecule has 0 amide bonds. The highest BCUT2D eigenvalue weighted by molar-refractivity contribution is 5.80. The van der Waals surface area contributed by atoms with E-state index in [4.69, 9.17) is 5.73 Å². The van der Waals surface area contributed by atoms with Crippen molar-refractivity contribution in [3.05, 3.63) is 54.3 Å². The summed E-state index contributed by atoms with van der Waals surface area (Å²) in [5, 5.41) is 0. The first kappa shape index (κ1) is 12.8. The number of fused-ring (bicyclic) bond motifs is 1. The van der Waals surface area contributed by atoms with E-state index in [0.29, 0.717) is 6.54 Å². The van der Waals surface area contributed by atoms with Gasteiger partial charge in [0.1, 0.15) is 11.6 Å². The highest BCUT2D eigenvalue weighted by Gasteiger charge is 2.11. The Balaban J connectivity index is 2.15. The third kappa shape index (κ3) is 2.30. The summed E-state index contributed by atoms with van der Waals surface area (Å²) < 4.78 is 15.2. The van der Waals surface area contributed by atoms with E-state index < -0.39 is 0 Å². The Hall–Kier alpha value is -2.20. The van der Waals surface area contributed by atoms with Crippen LogP contribution in [-0.4, -0.2) is 16.1 Å². The van der Waals surface area contributed by atoms with E-state index in [1.165, 1.54) is 12.1 Å². The number of halogens is 1. The second kappa shape index (κ2) is 5.43. The maximum absolute atomic E-state index is 13.1. The van der Waals surface area contributed by atoms with Gasteiger partial charge in [-0.1, -0.05) is 12.1 Å². The molecule has 0 saturated carbocycles. The van der Waals surface area contributed by atoms with Crippen molar-refractivity contribution in [2.45, 2.75) is 13.0 Å². The fraction of sp³-hybridized carbons (Fsp3) is 0.188. The van der Waals surface area contributed by atoms with Gasteiger partial charge in [-0.25, -0.2) is 9.37 Å². The van der Waals surface area contributed by atoms with Gasteiger partial charge >= 0.3 is 0 Å². The predicted octanol–water partition coefficient (Wildman–Crippen LogP) is 3.19. The summed E-state index contributed by atoms with van der Waals surface area (Å²) in [4.78, 5) is 4.67. The molecular weight excluding hydrogens is 253 g/mol. The molecule has 3 rings (SSSR count). The summed E-state index contributed by atoms with van der Waals surface area (Å²) in [6.45, 7) is 1.44. The van der Waals surface area contributed by atoms with E-state index in [1.807, 2.05) is 24.3 Å². The van der Waals surface area contributed by atoms with Crippen LogP contribution in [0.4, 0.5) is 4.39 Å². The molecule has 0 aliphatic heterocycles. The highest BCUT2D eigenvalue weighted by Crippen LogP contribution is 2.25. The van der Waals surface area contributed by atoms with Crippen LogP contribution in [0.2, 0.25) is 0 Å². The lowest BCUT2D eigenvalue weighted by Gasteiger charge is -2.08. The first-order valence-electron chi connectivity index (χ1n) is 6.71. The van der Waals surface area contributed by atoms with Crippen LogP contribution in [0.25, 0.3) is 22.4 Å². The molecule has 0 fully saturated rings. The van der Waals surface area contributed by atoms with Gasteiger partial charge in [-0.15, -0.1) is 0 Å². The van der Waals surface area contributed by atoms with Crippen molar-refractivity contribution < 1.29 is 4.39 Å². The van der Waals surface area contributed by atoms with Crippen LogP contribution >= 0.6 is 0 Å². The molecule has 2 N–H and O–H groups in total. The van der Waals surface area contributed by atoms with E-state index in [0.717, 1.165) is 35.4 Å². The molecule has 3 nitrogen and oxygen atoms in total. The summed E-state index contributed by atoms with van der Waals surface area (Å²) in [6.07, 6.45) is 0.883. The third-order valence-electron chi connectivity index (χ3n) is 3.34. The molecule has 0 spiro atoms. The minimum absolute atomic E-state index is 0.238. The molecule has 20 heavy (non-hydrogen) atoms. The van der Waals surface area contributed by atoms with Crippen molar-refractivity contribution in [2.75, 3.05) is 6.54 Å². The lowest BCUT2D eigenvalue weighted by Crippen LogP contribution is -2.07. The number of aromatic nitrogens is 2. The Kier molecular flexibility index (Phi) is 3.48. The summed E-state index contributed by atoms with van der Waals surface area (Å²) in [5.41, 5.74) is 8.56. The zero-order chi connectivity index (χ0) is 13.9. The molecule has 0 aliphatic rings. The average Bonchev–Trinajstić information content (AvgIpc) is 2.84. The van der Waals surface area contributed by atoms with E-state index in [9.17, 15) is 4.39 Å². The lowest BCUT2D eigenvalue weighted by atomic mass is 10.2. The van der Waals surface area contributed by atoms with Gasteiger partial charge in [0.2, 0.25) is 0 Å². The molecule has 1 aromatic heterocycles. The van der Waals surface area contributed by atoms with Crippen molar-refractivity contribution in [3.63, 3.8) is 0 Å². The van der Waals surface area contributed by atoms with Crippen LogP contribution in [0.3, 0.4) is 0 Å². The quantitative estimate of drug-likeness (QED) is 0.790. The number of hydrogen-bond acceptors (Lipinski definition) is 2. The van der Waals surface area contributed by atoms with Gasteiger partial charge in [0.15, 0.2) is 0 Å². The summed E-state index contributed by atoms with van der Waals surface area (Å²) in [5.74, 6) is 0.623. The van der Waals surface area contributed by atoms with Gasteiger partial charge in [0.05, 0.1) is 11.0 Å². The fourth-order valence-electron chi connectivity index (χ4n) is 2.37. The minimum Gasteiger partial charge on any atom is -0.330 e. The molecule has 3 aromatic rings. The first-order chi connectivity index (χ1) is 9.79. The topological polar surface area (TPSA) is 43.8 Å². The maximum atomic E-state index is 13.1.